The molecule has 1 heterocycles. The number of hydrogen-bond acceptors (Lipinski definition) is 4. The monoisotopic (exact) mass is 503 g/mol. The highest BCUT2D eigenvalue weighted by Gasteiger charge is 2.34. The average Bonchev–Trinajstić information content (AvgIpc) is 3.15. The molecule has 1 atom stereocenters. The Kier molecular flexibility index (Phi) is 6.56. The molecule has 0 aliphatic carbocycles. The second kappa shape index (κ2) is 9.33. The first-order chi connectivity index (χ1) is 14.5. The molecule has 154 valence electrons. The molecule has 1 aliphatic heterocycles. The van der Waals surface area contributed by atoms with Crippen molar-refractivity contribution >= 4 is 50.9 Å². The number of amides is 1. The normalized spacial score (nSPS) is 16.0. The minimum Gasteiger partial charge on any atom is -0.493 e. The third-order valence-corrected chi connectivity index (χ3v) is 6.75. The van der Waals surface area contributed by atoms with Gasteiger partial charge in [-0.25, -0.2) is 0 Å². The van der Waals surface area contributed by atoms with Crippen LogP contribution in [0.1, 0.15) is 16.5 Å². The molecule has 4 nitrogen and oxygen atoms in total. The number of thioether (sulfide) groups is 1. The van der Waals surface area contributed by atoms with E-state index in [4.69, 9.17) is 21.1 Å². The van der Waals surface area contributed by atoms with Gasteiger partial charge in [-0.2, -0.15) is 0 Å². The molecule has 1 fully saturated rings. The summed E-state index contributed by atoms with van der Waals surface area (Å²) in [5, 5.41) is 0.511. The maximum Gasteiger partial charge on any atom is 0.238 e. The van der Waals surface area contributed by atoms with Crippen molar-refractivity contribution in [2.24, 2.45) is 0 Å². The summed E-state index contributed by atoms with van der Waals surface area (Å²) in [5.41, 5.74) is 2.87. The quantitative estimate of drug-likeness (QED) is 0.386. The van der Waals surface area contributed by atoms with Crippen molar-refractivity contribution in [1.82, 2.24) is 0 Å². The number of nitrogens with zero attached hydrogens (tertiary/aromatic N) is 1. The summed E-state index contributed by atoms with van der Waals surface area (Å²) < 4.78 is 12.6. The third-order valence-electron chi connectivity index (χ3n) is 4.75. The molecule has 1 amide bonds. The molecular weight excluding hydrogens is 486 g/mol. The first-order valence-electron chi connectivity index (χ1n) is 9.29. The van der Waals surface area contributed by atoms with Crippen LogP contribution in [0.25, 0.3) is 0 Å². The highest BCUT2D eigenvalue weighted by atomic mass is 79.9. The topological polar surface area (TPSA) is 38.8 Å². The van der Waals surface area contributed by atoms with Gasteiger partial charge in [0.2, 0.25) is 5.91 Å². The number of methoxy groups -OCH3 is 1. The summed E-state index contributed by atoms with van der Waals surface area (Å²) >= 11 is 11.0. The number of ether oxygens (including phenoxy) is 2. The van der Waals surface area contributed by atoms with Gasteiger partial charge in [0.15, 0.2) is 11.5 Å². The summed E-state index contributed by atoms with van der Waals surface area (Å²) in [4.78, 5) is 14.4. The lowest BCUT2D eigenvalue weighted by atomic mass is 10.1. The fourth-order valence-electron chi connectivity index (χ4n) is 3.25. The van der Waals surface area contributed by atoms with Crippen molar-refractivity contribution in [3.8, 4) is 11.5 Å². The molecule has 7 heteroatoms. The summed E-state index contributed by atoms with van der Waals surface area (Å²) in [6.45, 7) is 0.441. The number of carbonyl (C=O) groups is 1. The van der Waals surface area contributed by atoms with Crippen molar-refractivity contribution in [3.05, 3.63) is 87.4 Å². The Morgan fingerprint density at radius 1 is 1.07 bits per heavy atom. The minimum atomic E-state index is -0.131. The SMILES string of the molecule is COc1cc([C@@H]2SCC(=O)N2c2ccc(Cl)cc2)ccc1OCc1ccc(Br)cc1. The molecule has 1 aliphatic rings. The molecule has 0 spiro atoms. The van der Waals surface area contributed by atoms with Gasteiger partial charge >= 0.3 is 0 Å². The van der Waals surface area contributed by atoms with Crippen LogP contribution in [0.3, 0.4) is 0 Å². The molecule has 0 aromatic heterocycles. The molecular formula is C23H19BrClNO3S. The number of carbonyl (C=O) groups excluding carboxylic acids is 1. The van der Waals surface area contributed by atoms with Crippen molar-refractivity contribution in [2.45, 2.75) is 12.0 Å². The average molecular weight is 505 g/mol. The van der Waals surface area contributed by atoms with Crippen LogP contribution >= 0.6 is 39.3 Å². The maximum absolute atomic E-state index is 12.6. The number of anilines is 1. The van der Waals surface area contributed by atoms with Gasteiger partial charge in [0, 0.05) is 15.2 Å². The Bertz CT molecular complexity index is 1040. The zero-order valence-electron chi connectivity index (χ0n) is 16.2. The molecule has 30 heavy (non-hydrogen) atoms. The molecule has 0 N–H and O–H groups in total. The third kappa shape index (κ3) is 4.61. The van der Waals surface area contributed by atoms with Crippen LogP contribution in [0.2, 0.25) is 5.02 Å². The largest absolute Gasteiger partial charge is 0.493 e. The van der Waals surface area contributed by atoms with Crippen molar-refractivity contribution in [2.75, 3.05) is 17.8 Å². The Morgan fingerprint density at radius 3 is 2.50 bits per heavy atom. The Labute approximate surface area is 193 Å². The smallest absolute Gasteiger partial charge is 0.238 e. The van der Waals surface area contributed by atoms with Crippen molar-refractivity contribution < 1.29 is 14.3 Å². The Morgan fingerprint density at radius 2 is 1.80 bits per heavy atom. The van der Waals surface area contributed by atoms with Crippen LogP contribution in [-0.2, 0) is 11.4 Å². The highest BCUT2D eigenvalue weighted by molar-refractivity contribution is 9.10. The van der Waals surface area contributed by atoms with Crippen LogP contribution in [0.4, 0.5) is 5.69 Å². The predicted octanol–water partition coefficient (Wildman–Crippen LogP) is 6.47. The van der Waals surface area contributed by atoms with Gasteiger partial charge in [-0.15, -0.1) is 11.8 Å². The van der Waals surface area contributed by atoms with Crippen LogP contribution in [0.5, 0.6) is 11.5 Å². The van der Waals surface area contributed by atoms with Gasteiger partial charge in [-0.1, -0.05) is 45.7 Å². The van der Waals surface area contributed by atoms with E-state index in [1.165, 1.54) is 0 Å². The lowest BCUT2D eigenvalue weighted by Gasteiger charge is -2.25. The molecule has 0 unspecified atom stereocenters. The summed E-state index contributed by atoms with van der Waals surface area (Å²) in [7, 11) is 1.62. The van der Waals surface area contributed by atoms with E-state index >= 15 is 0 Å². The first-order valence-corrected chi connectivity index (χ1v) is 11.5. The molecule has 0 bridgehead atoms. The van der Waals surface area contributed by atoms with Gasteiger partial charge < -0.3 is 9.47 Å². The van der Waals surface area contributed by atoms with Crippen molar-refractivity contribution in [1.29, 1.82) is 0 Å². The summed E-state index contributed by atoms with van der Waals surface area (Å²) in [5.74, 6) is 1.80. The highest BCUT2D eigenvalue weighted by Crippen LogP contribution is 2.44. The summed E-state index contributed by atoms with van der Waals surface area (Å²) in [6.07, 6.45) is 0. The van der Waals surface area contributed by atoms with Crippen LogP contribution in [0, 0.1) is 0 Å². The lowest BCUT2D eigenvalue weighted by molar-refractivity contribution is -0.115. The Hall–Kier alpha value is -2.15. The van der Waals surface area contributed by atoms with E-state index in [0.717, 1.165) is 21.3 Å². The fourth-order valence-corrected chi connectivity index (χ4v) is 4.81. The number of halogens is 2. The molecule has 0 saturated carbocycles. The number of rotatable bonds is 6. The van der Waals surface area contributed by atoms with Crippen molar-refractivity contribution in [3.63, 3.8) is 0 Å². The summed E-state index contributed by atoms with van der Waals surface area (Å²) in [6, 6.07) is 21.1. The standard InChI is InChI=1S/C23H19BrClNO3S/c1-28-21-12-16(4-11-20(21)29-13-15-2-5-17(24)6-3-15)23-26(22(27)14-30-23)19-9-7-18(25)8-10-19/h2-12,23H,13-14H2,1H3/t23-/m0/s1. The predicted molar refractivity (Wildman–Crippen MR) is 126 cm³/mol. The zero-order valence-corrected chi connectivity index (χ0v) is 19.3. The van der Waals surface area contributed by atoms with E-state index in [2.05, 4.69) is 15.9 Å². The van der Waals surface area contributed by atoms with E-state index in [1.807, 2.05) is 54.6 Å². The molecule has 3 aromatic carbocycles. The fraction of sp³-hybridized carbons (Fsp3) is 0.174. The van der Waals surface area contributed by atoms with Gasteiger partial charge in [0.25, 0.3) is 0 Å². The molecule has 3 aromatic rings. The maximum atomic E-state index is 12.6. The van der Waals surface area contributed by atoms with Crippen LogP contribution in [0.15, 0.2) is 71.2 Å². The van der Waals surface area contributed by atoms with Gasteiger partial charge in [0.05, 0.1) is 12.9 Å². The van der Waals surface area contributed by atoms with Crippen LogP contribution in [-0.4, -0.2) is 18.8 Å². The first kappa shape index (κ1) is 21.1. The number of hydrogen-bond donors (Lipinski definition) is 0. The molecule has 1 saturated heterocycles. The van der Waals surface area contributed by atoms with E-state index in [-0.39, 0.29) is 11.3 Å². The van der Waals surface area contributed by atoms with Crippen LogP contribution < -0.4 is 14.4 Å². The second-order valence-electron chi connectivity index (χ2n) is 6.73. The van der Waals surface area contributed by atoms with E-state index in [0.29, 0.717) is 28.9 Å². The second-order valence-corrected chi connectivity index (χ2v) is 9.15. The van der Waals surface area contributed by atoms with E-state index in [9.17, 15) is 4.79 Å². The Balaban J connectivity index is 1.56. The molecule has 4 rings (SSSR count). The van der Waals surface area contributed by atoms with Gasteiger partial charge in [-0.3, -0.25) is 9.69 Å². The molecule has 0 radical (unpaired) electrons. The minimum absolute atomic E-state index is 0.0712. The van der Waals surface area contributed by atoms with E-state index in [1.54, 1.807) is 35.9 Å². The van der Waals surface area contributed by atoms with Gasteiger partial charge in [-0.05, 0) is 59.7 Å². The van der Waals surface area contributed by atoms with E-state index < -0.39 is 0 Å². The number of benzene rings is 3. The lowest BCUT2D eigenvalue weighted by Crippen LogP contribution is -2.27. The zero-order chi connectivity index (χ0) is 21.1. The van der Waals surface area contributed by atoms with Gasteiger partial charge in [0.1, 0.15) is 12.0 Å².